The maximum atomic E-state index is 11.8. The molecule has 100 valence electrons. The maximum Gasteiger partial charge on any atom is 0.338 e. The summed E-state index contributed by atoms with van der Waals surface area (Å²) in [4.78, 5) is 16.1. The third-order valence-electron chi connectivity index (χ3n) is 3.10. The number of methoxy groups -OCH3 is 1. The SMILES string of the molecule is COC(=O)c1cc(N)nc2ccc(C(C)(C)C)cc12. The lowest BCUT2D eigenvalue weighted by Crippen LogP contribution is -2.12. The van der Waals surface area contributed by atoms with Gasteiger partial charge in [-0.05, 0) is 29.2 Å². The minimum atomic E-state index is -0.398. The molecule has 0 saturated heterocycles. The number of nitrogen functional groups attached to an aromatic ring is 1. The number of anilines is 1. The number of ether oxygens (including phenoxy) is 1. The molecule has 1 aromatic heterocycles. The summed E-state index contributed by atoms with van der Waals surface area (Å²) in [6, 6.07) is 7.43. The van der Waals surface area contributed by atoms with E-state index in [2.05, 4.69) is 25.8 Å². The highest BCUT2D eigenvalue weighted by Crippen LogP contribution is 2.28. The Morgan fingerprint density at radius 2 is 1.95 bits per heavy atom. The number of hydrogen-bond acceptors (Lipinski definition) is 4. The number of esters is 1. The molecule has 2 rings (SSSR count). The van der Waals surface area contributed by atoms with Crippen molar-refractivity contribution >= 4 is 22.7 Å². The molecule has 0 aliphatic heterocycles. The second-order valence-electron chi connectivity index (χ2n) is 5.57. The van der Waals surface area contributed by atoms with Gasteiger partial charge in [0.25, 0.3) is 0 Å². The van der Waals surface area contributed by atoms with Gasteiger partial charge in [0.1, 0.15) is 5.82 Å². The molecule has 19 heavy (non-hydrogen) atoms. The molecule has 0 spiro atoms. The molecule has 0 atom stereocenters. The van der Waals surface area contributed by atoms with E-state index in [1.165, 1.54) is 7.11 Å². The van der Waals surface area contributed by atoms with E-state index in [9.17, 15) is 4.79 Å². The van der Waals surface area contributed by atoms with E-state index in [1.807, 2.05) is 18.2 Å². The third-order valence-corrected chi connectivity index (χ3v) is 3.10. The quantitative estimate of drug-likeness (QED) is 0.799. The molecule has 1 aromatic carbocycles. The Morgan fingerprint density at radius 3 is 2.53 bits per heavy atom. The Bertz CT molecular complexity index is 642. The summed E-state index contributed by atoms with van der Waals surface area (Å²) >= 11 is 0. The number of rotatable bonds is 1. The molecule has 0 bridgehead atoms. The zero-order valence-corrected chi connectivity index (χ0v) is 11.7. The fraction of sp³-hybridized carbons (Fsp3) is 0.333. The van der Waals surface area contributed by atoms with Crippen LogP contribution in [0.5, 0.6) is 0 Å². The van der Waals surface area contributed by atoms with E-state index in [4.69, 9.17) is 10.5 Å². The van der Waals surface area contributed by atoms with Crippen LogP contribution in [0.4, 0.5) is 5.82 Å². The summed E-state index contributed by atoms with van der Waals surface area (Å²) in [6.45, 7) is 6.37. The Labute approximate surface area is 112 Å². The fourth-order valence-corrected chi connectivity index (χ4v) is 1.99. The van der Waals surface area contributed by atoms with Crippen molar-refractivity contribution < 1.29 is 9.53 Å². The van der Waals surface area contributed by atoms with E-state index in [-0.39, 0.29) is 5.41 Å². The molecule has 0 amide bonds. The standard InChI is InChI=1S/C15H18N2O2/c1-15(2,3)9-5-6-12-10(7-9)11(14(18)19-4)8-13(16)17-12/h5-8H,1-4H3,(H2,16,17). The molecule has 2 aromatic rings. The highest BCUT2D eigenvalue weighted by Gasteiger charge is 2.17. The molecular weight excluding hydrogens is 240 g/mol. The highest BCUT2D eigenvalue weighted by atomic mass is 16.5. The van der Waals surface area contributed by atoms with Crippen molar-refractivity contribution in [1.82, 2.24) is 4.98 Å². The van der Waals surface area contributed by atoms with Crippen LogP contribution in [0.1, 0.15) is 36.7 Å². The maximum absolute atomic E-state index is 11.8. The number of nitrogens with zero attached hydrogens (tertiary/aromatic N) is 1. The molecule has 0 aliphatic rings. The Hall–Kier alpha value is -2.10. The molecule has 1 heterocycles. The van der Waals surface area contributed by atoms with Gasteiger partial charge in [-0.2, -0.15) is 0 Å². The van der Waals surface area contributed by atoms with E-state index >= 15 is 0 Å². The summed E-state index contributed by atoms with van der Waals surface area (Å²) in [5.74, 6) is -0.0819. The topological polar surface area (TPSA) is 65.2 Å². The lowest BCUT2D eigenvalue weighted by atomic mass is 9.86. The number of benzene rings is 1. The number of carbonyl (C=O) groups is 1. The molecular formula is C15H18N2O2. The minimum absolute atomic E-state index is 0.00294. The van der Waals surface area contributed by atoms with Crippen LogP contribution in [-0.2, 0) is 10.2 Å². The first-order valence-corrected chi connectivity index (χ1v) is 6.12. The average molecular weight is 258 g/mol. The summed E-state index contributed by atoms with van der Waals surface area (Å²) in [5, 5.41) is 0.772. The first-order valence-electron chi connectivity index (χ1n) is 6.12. The molecule has 2 N–H and O–H groups in total. The third kappa shape index (κ3) is 2.52. The van der Waals surface area contributed by atoms with Crippen LogP contribution in [0, 0.1) is 0 Å². The average Bonchev–Trinajstić information content (AvgIpc) is 2.35. The number of nitrogens with two attached hydrogens (primary N) is 1. The van der Waals surface area contributed by atoms with Gasteiger partial charge >= 0.3 is 5.97 Å². The van der Waals surface area contributed by atoms with Crippen molar-refractivity contribution in [3.05, 3.63) is 35.4 Å². The second kappa shape index (κ2) is 4.53. The summed E-state index contributed by atoms with van der Waals surface area (Å²) in [5.41, 5.74) is 8.02. The number of hydrogen-bond donors (Lipinski definition) is 1. The zero-order valence-electron chi connectivity index (χ0n) is 11.7. The minimum Gasteiger partial charge on any atom is -0.465 e. The number of fused-ring (bicyclic) bond motifs is 1. The van der Waals surface area contributed by atoms with Gasteiger partial charge in [-0.15, -0.1) is 0 Å². The van der Waals surface area contributed by atoms with E-state index in [1.54, 1.807) is 6.07 Å². The summed E-state index contributed by atoms with van der Waals surface area (Å²) in [6.07, 6.45) is 0. The number of pyridine rings is 1. The monoisotopic (exact) mass is 258 g/mol. The molecule has 0 saturated carbocycles. The molecule has 0 radical (unpaired) electrons. The molecule has 4 nitrogen and oxygen atoms in total. The highest BCUT2D eigenvalue weighted by molar-refractivity contribution is 6.04. The Balaban J connectivity index is 2.76. The normalized spacial score (nSPS) is 11.6. The predicted molar refractivity (Wildman–Crippen MR) is 76.2 cm³/mol. The van der Waals surface area contributed by atoms with Crippen LogP contribution in [-0.4, -0.2) is 18.1 Å². The van der Waals surface area contributed by atoms with Crippen molar-refractivity contribution in [1.29, 1.82) is 0 Å². The van der Waals surface area contributed by atoms with Gasteiger partial charge in [0.05, 0.1) is 18.2 Å². The van der Waals surface area contributed by atoms with Gasteiger partial charge in [-0.25, -0.2) is 9.78 Å². The van der Waals surface area contributed by atoms with Crippen LogP contribution < -0.4 is 5.73 Å². The largest absolute Gasteiger partial charge is 0.465 e. The van der Waals surface area contributed by atoms with Crippen molar-refractivity contribution in [2.75, 3.05) is 12.8 Å². The molecule has 0 unspecified atom stereocenters. The van der Waals surface area contributed by atoms with Gasteiger partial charge in [0.2, 0.25) is 0 Å². The smallest absolute Gasteiger partial charge is 0.338 e. The van der Waals surface area contributed by atoms with Crippen LogP contribution in [0.3, 0.4) is 0 Å². The van der Waals surface area contributed by atoms with Gasteiger partial charge in [0, 0.05) is 5.39 Å². The van der Waals surface area contributed by atoms with Crippen molar-refractivity contribution in [3.8, 4) is 0 Å². The van der Waals surface area contributed by atoms with Gasteiger partial charge in [-0.3, -0.25) is 0 Å². The summed E-state index contributed by atoms with van der Waals surface area (Å²) in [7, 11) is 1.36. The molecule has 0 fully saturated rings. The Morgan fingerprint density at radius 1 is 1.26 bits per heavy atom. The van der Waals surface area contributed by atoms with Gasteiger partial charge in [-0.1, -0.05) is 26.8 Å². The second-order valence-corrected chi connectivity index (χ2v) is 5.57. The van der Waals surface area contributed by atoms with Crippen LogP contribution in [0.25, 0.3) is 10.9 Å². The van der Waals surface area contributed by atoms with Crippen LogP contribution in [0.2, 0.25) is 0 Å². The van der Waals surface area contributed by atoms with Crippen molar-refractivity contribution in [2.45, 2.75) is 26.2 Å². The van der Waals surface area contributed by atoms with Gasteiger partial charge < -0.3 is 10.5 Å². The zero-order chi connectivity index (χ0) is 14.2. The predicted octanol–water partition coefficient (Wildman–Crippen LogP) is 2.90. The van der Waals surface area contributed by atoms with E-state index < -0.39 is 5.97 Å². The van der Waals surface area contributed by atoms with Crippen molar-refractivity contribution in [3.63, 3.8) is 0 Å². The van der Waals surface area contributed by atoms with Crippen molar-refractivity contribution in [2.24, 2.45) is 0 Å². The van der Waals surface area contributed by atoms with Crippen LogP contribution in [0.15, 0.2) is 24.3 Å². The first-order chi connectivity index (χ1) is 8.82. The molecule has 0 aliphatic carbocycles. The van der Waals surface area contributed by atoms with E-state index in [0.29, 0.717) is 16.9 Å². The first kappa shape index (κ1) is 13.3. The van der Waals surface area contributed by atoms with Crippen LogP contribution >= 0.6 is 0 Å². The summed E-state index contributed by atoms with van der Waals surface area (Å²) < 4.78 is 4.80. The fourth-order valence-electron chi connectivity index (χ4n) is 1.99. The van der Waals surface area contributed by atoms with Gasteiger partial charge in [0.15, 0.2) is 0 Å². The number of aromatic nitrogens is 1. The lowest BCUT2D eigenvalue weighted by molar-refractivity contribution is 0.0603. The lowest BCUT2D eigenvalue weighted by Gasteiger charge is -2.19. The number of carbonyl (C=O) groups excluding carboxylic acids is 1. The Kier molecular flexibility index (Phi) is 3.18. The van der Waals surface area contributed by atoms with E-state index in [0.717, 1.165) is 10.9 Å². The molecule has 4 heteroatoms.